The molecule has 0 aromatic carbocycles. The van der Waals surface area contributed by atoms with Gasteiger partial charge in [-0.15, -0.1) is 0 Å². The molecular weight excluding hydrogens is 182 g/mol. The van der Waals surface area contributed by atoms with Gasteiger partial charge in [0.2, 0.25) is 5.82 Å². The van der Waals surface area contributed by atoms with Crippen molar-refractivity contribution >= 4 is 5.91 Å². The molecule has 1 saturated heterocycles. The van der Waals surface area contributed by atoms with Gasteiger partial charge in [0.15, 0.2) is 0 Å². The summed E-state index contributed by atoms with van der Waals surface area (Å²) < 4.78 is 0. The summed E-state index contributed by atoms with van der Waals surface area (Å²) in [4.78, 5) is 17.3. The molecule has 2 heterocycles. The minimum absolute atomic E-state index is 0.0932. The number of H-pyrrole nitrogens is 1. The number of piperidine rings is 1. The van der Waals surface area contributed by atoms with Gasteiger partial charge in [-0.05, 0) is 12.8 Å². The maximum atomic E-state index is 11.7. The van der Waals surface area contributed by atoms with E-state index in [9.17, 15) is 4.79 Å². The van der Waals surface area contributed by atoms with Gasteiger partial charge in [-0.25, -0.2) is 4.98 Å². The van der Waals surface area contributed by atoms with Crippen LogP contribution in [0, 0.1) is 0 Å². The lowest BCUT2D eigenvalue weighted by atomic mass is 10.1. The summed E-state index contributed by atoms with van der Waals surface area (Å²) in [5, 5.41) is 6.20. The number of hydrogen-bond donors (Lipinski definition) is 2. The third-order valence-corrected chi connectivity index (χ3v) is 2.36. The molecule has 14 heavy (non-hydrogen) atoms. The highest BCUT2D eigenvalue weighted by Gasteiger charge is 2.23. The van der Waals surface area contributed by atoms with E-state index >= 15 is 0 Å². The molecule has 1 atom stereocenters. The Bertz CT molecular complexity index is 310. The van der Waals surface area contributed by atoms with Gasteiger partial charge in [-0.2, -0.15) is 5.10 Å². The predicted octanol–water partition coefficient (Wildman–Crippen LogP) is -0.632. The van der Waals surface area contributed by atoms with Gasteiger partial charge in [0.1, 0.15) is 6.33 Å². The third kappa shape index (κ3) is 1.74. The monoisotopic (exact) mass is 195 g/mol. The normalized spacial score (nSPS) is 22.4. The van der Waals surface area contributed by atoms with Crippen LogP contribution in [0.15, 0.2) is 6.33 Å². The van der Waals surface area contributed by atoms with Gasteiger partial charge < -0.3 is 10.6 Å². The molecule has 1 aliphatic heterocycles. The molecule has 76 valence electrons. The number of rotatable bonds is 1. The van der Waals surface area contributed by atoms with Crippen molar-refractivity contribution in [3.05, 3.63) is 12.2 Å². The number of aromatic amines is 1. The van der Waals surface area contributed by atoms with Crippen LogP contribution in [0.4, 0.5) is 0 Å². The van der Waals surface area contributed by atoms with Gasteiger partial charge >= 0.3 is 0 Å². The van der Waals surface area contributed by atoms with Crippen LogP contribution in [0.3, 0.4) is 0 Å². The van der Waals surface area contributed by atoms with Crippen molar-refractivity contribution in [2.45, 2.75) is 18.9 Å². The molecule has 3 N–H and O–H groups in total. The van der Waals surface area contributed by atoms with Gasteiger partial charge in [0, 0.05) is 19.1 Å². The Morgan fingerprint density at radius 3 is 3.21 bits per heavy atom. The van der Waals surface area contributed by atoms with Crippen molar-refractivity contribution in [1.82, 2.24) is 20.1 Å². The number of nitrogens with one attached hydrogen (secondary N) is 1. The minimum Gasteiger partial charge on any atom is -0.334 e. The van der Waals surface area contributed by atoms with Crippen LogP contribution in [0.5, 0.6) is 0 Å². The predicted molar refractivity (Wildman–Crippen MR) is 49.5 cm³/mol. The molecule has 1 amide bonds. The average Bonchev–Trinajstić information content (AvgIpc) is 2.69. The lowest BCUT2D eigenvalue weighted by Gasteiger charge is -2.29. The van der Waals surface area contributed by atoms with Crippen LogP contribution in [-0.4, -0.2) is 45.1 Å². The van der Waals surface area contributed by atoms with E-state index < -0.39 is 0 Å². The number of aromatic nitrogens is 3. The Balaban J connectivity index is 2.04. The second kappa shape index (κ2) is 3.75. The fourth-order valence-electron chi connectivity index (χ4n) is 1.65. The Hall–Kier alpha value is -1.43. The van der Waals surface area contributed by atoms with E-state index in [0.717, 1.165) is 19.4 Å². The van der Waals surface area contributed by atoms with Crippen LogP contribution in [0.1, 0.15) is 23.5 Å². The van der Waals surface area contributed by atoms with Gasteiger partial charge in [-0.3, -0.25) is 9.89 Å². The first-order valence-corrected chi connectivity index (χ1v) is 4.67. The van der Waals surface area contributed by atoms with Crippen LogP contribution in [0.25, 0.3) is 0 Å². The maximum absolute atomic E-state index is 11.7. The average molecular weight is 195 g/mol. The van der Waals surface area contributed by atoms with E-state index in [0.29, 0.717) is 12.4 Å². The molecular formula is C8H13N5O. The summed E-state index contributed by atoms with van der Waals surface area (Å²) in [7, 11) is 0. The van der Waals surface area contributed by atoms with Crippen LogP contribution in [0.2, 0.25) is 0 Å². The molecule has 0 aliphatic carbocycles. The number of likely N-dealkylation sites (tertiary alicyclic amines) is 1. The number of carbonyl (C=O) groups is 1. The van der Waals surface area contributed by atoms with Gasteiger partial charge in [0.25, 0.3) is 5.91 Å². The summed E-state index contributed by atoms with van der Waals surface area (Å²) in [5.74, 6) is 0.178. The van der Waals surface area contributed by atoms with Crippen molar-refractivity contribution < 1.29 is 4.79 Å². The van der Waals surface area contributed by atoms with Crippen molar-refractivity contribution in [2.75, 3.05) is 13.1 Å². The van der Waals surface area contributed by atoms with E-state index in [1.807, 2.05) is 0 Å². The van der Waals surface area contributed by atoms with E-state index in [1.165, 1.54) is 6.33 Å². The molecule has 0 bridgehead atoms. The Labute approximate surface area is 81.5 Å². The molecule has 1 aliphatic rings. The zero-order chi connectivity index (χ0) is 9.97. The van der Waals surface area contributed by atoms with Crippen molar-refractivity contribution in [3.8, 4) is 0 Å². The SMILES string of the molecule is NC1CCCN(C(=O)c2ncn[nH]2)C1. The smallest absolute Gasteiger partial charge is 0.291 e. The third-order valence-electron chi connectivity index (χ3n) is 2.36. The first-order valence-electron chi connectivity index (χ1n) is 4.67. The molecule has 1 fully saturated rings. The highest BCUT2D eigenvalue weighted by molar-refractivity contribution is 5.90. The Morgan fingerprint density at radius 2 is 2.57 bits per heavy atom. The zero-order valence-corrected chi connectivity index (χ0v) is 7.81. The van der Waals surface area contributed by atoms with Gasteiger partial charge in [-0.1, -0.05) is 0 Å². The molecule has 0 saturated carbocycles. The minimum atomic E-state index is -0.113. The quantitative estimate of drug-likeness (QED) is 0.624. The Kier molecular flexibility index (Phi) is 2.45. The zero-order valence-electron chi connectivity index (χ0n) is 7.81. The topological polar surface area (TPSA) is 87.9 Å². The van der Waals surface area contributed by atoms with Gasteiger partial charge in [0.05, 0.1) is 0 Å². The summed E-state index contributed by atoms with van der Waals surface area (Å²) in [6.07, 6.45) is 3.28. The number of hydrogen-bond acceptors (Lipinski definition) is 4. The van der Waals surface area contributed by atoms with Crippen LogP contribution in [-0.2, 0) is 0 Å². The largest absolute Gasteiger partial charge is 0.334 e. The highest BCUT2D eigenvalue weighted by Crippen LogP contribution is 2.10. The molecule has 6 heteroatoms. The standard InChI is InChI=1S/C8H13N5O/c9-6-2-1-3-13(4-6)8(14)7-10-5-11-12-7/h5-6H,1-4,9H2,(H,10,11,12). The summed E-state index contributed by atoms with van der Waals surface area (Å²) in [5.41, 5.74) is 5.78. The molecule has 2 rings (SSSR count). The first kappa shape index (κ1) is 9.14. The van der Waals surface area contributed by atoms with E-state index in [-0.39, 0.29) is 11.9 Å². The number of amides is 1. The first-order chi connectivity index (χ1) is 6.77. The summed E-state index contributed by atoms with van der Waals surface area (Å²) >= 11 is 0. The fraction of sp³-hybridized carbons (Fsp3) is 0.625. The van der Waals surface area contributed by atoms with E-state index in [2.05, 4.69) is 15.2 Å². The number of carbonyl (C=O) groups excluding carboxylic acids is 1. The van der Waals surface area contributed by atoms with Crippen LogP contribution < -0.4 is 5.73 Å². The van der Waals surface area contributed by atoms with Crippen LogP contribution >= 0.6 is 0 Å². The molecule has 1 aromatic rings. The lowest BCUT2D eigenvalue weighted by Crippen LogP contribution is -2.46. The van der Waals surface area contributed by atoms with Crippen molar-refractivity contribution in [3.63, 3.8) is 0 Å². The molecule has 1 unspecified atom stereocenters. The van der Waals surface area contributed by atoms with Crippen molar-refractivity contribution in [2.24, 2.45) is 5.73 Å². The number of nitrogens with zero attached hydrogens (tertiary/aromatic N) is 3. The second-order valence-corrected chi connectivity index (χ2v) is 3.49. The summed E-state index contributed by atoms with van der Waals surface area (Å²) in [6.45, 7) is 1.37. The summed E-state index contributed by atoms with van der Waals surface area (Å²) in [6, 6.07) is 0.0932. The van der Waals surface area contributed by atoms with E-state index in [1.54, 1.807) is 4.90 Å². The molecule has 0 spiro atoms. The molecule has 6 nitrogen and oxygen atoms in total. The second-order valence-electron chi connectivity index (χ2n) is 3.49. The highest BCUT2D eigenvalue weighted by atomic mass is 16.2. The molecule has 0 radical (unpaired) electrons. The van der Waals surface area contributed by atoms with Crippen molar-refractivity contribution in [1.29, 1.82) is 0 Å². The van der Waals surface area contributed by atoms with E-state index in [4.69, 9.17) is 5.73 Å². The Morgan fingerprint density at radius 1 is 1.71 bits per heavy atom. The lowest BCUT2D eigenvalue weighted by molar-refractivity contribution is 0.0697. The molecule has 1 aromatic heterocycles. The maximum Gasteiger partial charge on any atom is 0.291 e. The fourth-order valence-corrected chi connectivity index (χ4v) is 1.65. The number of nitrogens with two attached hydrogens (primary N) is 1.